The highest BCUT2D eigenvalue weighted by Gasteiger charge is 2.28. The molecule has 0 atom stereocenters. The van der Waals surface area contributed by atoms with E-state index in [9.17, 15) is 0 Å². The van der Waals surface area contributed by atoms with Crippen LogP contribution in [0, 0.1) is 6.92 Å². The molecule has 0 spiro atoms. The smallest absolute Gasteiger partial charge is 0.227 e. The third kappa shape index (κ3) is 2.50. The standard InChI is InChI=1S/C14H16N4O/c1-9-12(15-2)17-13(10-5-6-10)18-14(9)19-11-4-3-7-16-8-11/h3-4,7-8,10H,5-6H2,1-2H3,(H,15,17,18). The largest absolute Gasteiger partial charge is 0.437 e. The SMILES string of the molecule is CNc1nc(C2CC2)nc(Oc2cccnc2)c1C. The molecule has 5 nitrogen and oxygen atoms in total. The summed E-state index contributed by atoms with van der Waals surface area (Å²) in [6, 6.07) is 3.71. The normalized spacial score (nSPS) is 14.2. The van der Waals surface area contributed by atoms with E-state index in [2.05, 4.69) is 20.3 Å². The molecule has 2 aromatic rings. The molecule has 19 heavy (non-hydrogen) atoms. The third-order valence-corrected chi connectivity index (χ3v) is 3.15. The van der Waals surface area contributed by atoms with Gasteiger partial charge < -0.3 is 10.1 Å². The minimum atomic E-state index is 0.490. The van der Waals surface area contributed by atoms with Crippen LogP contribution in [0.3, 0.4) is 0 Å². The summed E-state index contributed by atoms with van der Waals surface area (Å²) in [5, 5.41) is 3.10. The fourth-order valence-electron chi connectivity index (χ4n) is 1.90. The Hall–Kier alpha value is -2.17. The highest BCUT2D eigenvalue weighted by Crippen LogP contribution is 2.40. The number of aromatic nitrogens is 3. The van der Waals surface area contributed by atoms with E-state index in [-0.39, 0.29) is 0 Å². The van der Waals surface area contributed by atoms with Crippen molar-refractivity contribution in [2.75, 3.05) is 12.4 Å². The number of hydrogen-bond donors (Lipinski definition) is 1. The Morgan fingerprint density at radius 3 is 2.79 bits per heavy atom. The van der Waals surface area contributed by atoms with Crippen LogP contribution in [-0.2, 0) is 0 Å². The lowest BCUT2D eigenvalue weighted by molar-refractivity contribution is 0.453. The Labute approximate surface area is 112 Å². The first-order valence-corrected chi connectivity index (χ1v) is 6.42. The highest BCUT2D eigenvalue weighted by molar-refractivity contribution is 5.49. The maximum atomic E-state index is 5.82. The number of hydrogen-bond acceptors (Lipinski definition) is 5. The van der Waals surface area contributed by atoms with Gasteiger partial charge in [0.1, 0.15) is 17.4 Å². The highest BCUT2D eigenvalue weighted by atomic mass is 16.5. The van der Waals surface area contributed by atoms with E-state index in [0.29, 0.717) is 17.5 Å². The molecule has 0 unspecified atom stereocenters. The molecule has 2 aromatic heterocycles. The lowest BCUT2D eigenvalue weighted by Crippen LogP contribution is -2.04. The van der Waals surface area contributed by atoms with Crippen LogP contribution >= 0.6 is 0 Å². The van der Waals surface area contributed by atoms with Gasteiger partial charge in [0, 0.05) is 19.2 Å². The lowest BCUT2D eigenvalue weighted by Gasteiger charge is -2.12. The van der Waals surface area contributed by atoms with E-state index >= 15 is 0 Å². The summed E-state index contributed by atoms with van der Waals surface area (Å²) in [5.74, 6) is 3.48. The molecular formula is C14H16N4O. The number of rotatable bonds is 4. The zero-order valence-corrected chi connectivity index (χ0v) is 11.1. The van der Waals surface area contributed by atoms with Crippen LogP contribution in [0.25, 0.3) is 0 Å². The quantitative estimate of drug-likeness (QED) is 0.911. The monoisotopic (exact) mass is 256 g/mol. The van der Waals surface area contributed by atoms with Crippen molar-refractivity contribution in [2.24, 2.45) is 0 Å². The van der Waals surface area contributed by atoms with Gasteiger partial charge in [-0.2, -0.15) is 4.98 Å². The van der Waals surface area contributed by atoms with Crippen LogP contribution in [0.2, 0.25) is 0 Å². The summed E-state index contributed by atoms with van der Waals surface area (Å²) in [7, 11) is 1.86. The number of nitrogens with one attached hydrogen (secondary N) is 1. The van der Waals surface area contributed by atoms with Crippen molar-refractivity contribution in [1.29, 1.82) is 0 Å². The van der Waals surface area contributed by atoms with Crippen molar-refractivity contribution in [3.63, 3.8) is 0 Å². The molecule has 2 heterocycles. The van der Waals surface area contributed by atoms with Gasteiger partial charge in [-0.25, -0.2) is 4.98 Å². The maximum absolute atomic E-state index is 5.82. The van der Waals surface area contributed by atoms with Gasteiger partial charge in [0.15, 0.2) is 0 Å². The van der Waals surface area contributed by atoms with E-state index < -0.39 is 0 Å². The summed E-state index contributed by atoms with van der Waals surface area (Å²) in [6.45, 7) is 1.95. The van der Waals surface area contributed by atoms with E-state index in [0.717, 1.165) is 17.2 Å². The van der Waals surface area contributed by atoms with E-state index in [4.69, 9.17) is 4.74 Å². The predicted octanol–water partition coefficient (Wildman–Crippen LogP) is 2.89. The zero-order valence-electron chi connectivity index (χ0n) is 11.1. The molecule has 0 saturated heterocycles. The molecule has 0 aromatic carbocycles. The molecule has 0 radical (unpaired) electrons. The second-order valence-corrected chi connectivity index (χ2v) is 4.68. The van der Waals surface area contributed by atoms with Crippen LogP contribution in [0.4, 0.5) is 5.82 Å². The summed E-state index contributed by atoms with van der Waals surface area (Å²) in [4.78, 5) is 13.1. The Morgan fingerprint density at radius 1 is 1.32 bits per heavy atom. The van der Waals surface area contributed by atoms with Crippen molar-refractivity contribution in [3.05, 3.63) is 35.9 Å². The number of nitrogens with zero attached hydrogens (tertiary/aromatic N) is 3. The average Bonchev–Trinajstić information content (AvgIpc) is 3.27. The molecule has 1 fully saturated rings. The van der Waals surface area contributed by atoms with Gasteiger partial charge in [-0.3, -0.25) is 4.98 Å². The zero-order chi connectivity index (χ0) is 13.2. The van der Waals surface area contributed by atoms with E-state index in [1.807, 2.05) is 26.1 Å². The van der Waals surface area contributed by atoms with Gasteiger partial charge in [0.25, 0.3) is 0 Å². The molecule has 3 rings (SSSR count). The van der Waals surface area contributed by atoms with Crippen molar-refractivity contribution in [3.8, 4) is 11.6 Å². The minimum absolute atomic E-state index is 0.490. The van der Waals surface area contributed by atoms with Crippen LogP contribution in [0.15, 0.2) is 24.5 Å². The van der Waals surface area contributed by atoms with Crippen LogP contribution in [-0.4, -0.2) is 22.0 Å². The van der Waals surface area contributed by atoms with Gasteiger partial charge in [-0.15, -0.1) is 0 Å². The molecule has 5 heteroatoms. The summed E-state index contributed by atoms with van der Waals surface area (Å²) in [5.41, 5.74) is 0.913. The molecule has 98 valence electrons. The number of ether oxygens (including phenoxy) is 1. The summed E-state index contributed by atoms with van der Waals surface area (Å²) in [6.07, 6.45) is 5.73. The Bertz CT molecular complexity index is 581. The number of anilines is 1. The van der Waals surface area contributed by atoms with Crippen LogP contribution in [0.5, 0.6) is 11.6 Å². The van der Waals surface area contributed by atoms with Gasteiger partial charge in [-0.05, 0) is 31.9 Å². The maximum Gasteiger partial charge on any atom is 0.227 e. The van der Waals surface area contributed by atoms with Crippen molar-refractivity contribution < 1.29 is 4.74 Å². The fourth-order valence-corrected chi connectivity index (χ4v) is 1.90. The van der Waals surface area contributed by atoms with Crippen LogP contribution < -0.4 is 10.1 Å². The average molecular weight is 256 g/mol. The Kier molecular flexibility index (Phi) is 3.03. The first-order chi connectivity index (χ1) is 9.28. The second-order valence-electron chi connectivity index (χ2n) is 4.68. The number of pyridine rings is 1. The van der Waals surface area contributed by atoms with E-state index in [1.54, 1.807) is 12.4 Å². The molecular weight excluding hydrogens is 240 g/mol. The molecule has 1 N–H and O–H groups in total. The van der Waals surface area contributed by atoms with Crippen LogP contribution in [0.1, 0.15) is 30.1 Å². The third-order valence-electron chi connectivity index (χ3n) is 3.15. The first-order valence-electron chi connectivity index (χ1n) is 6.42. The summed E-state index contributed by atoms with van der Waals surface area (Å²) >= 11 is 0. The topological polar surface area (TPSA) is 59.9 Å². The molecule has 0 bridgehead atoms. The summed E-state index contributed by atoms with van der Waals surface area (Å²) < 4.78 is 5.82. The molecule has 1 aliphatic carbocycles. The van der Waals surface area contributed by atoms with Crippen molar-refractivity contribution in [1.82, 2.24) is 15.0 Å². The molecule has 0 aliphatic heterocycles. The minimum Gasteiger partial charge on any atom is -0.437 e. The van der Waals surface area contributed by atoms with Gasteiger partial charge in [-0.1, -0.05) is 0 Å². The fraction of sp³-hybridized carbons (Fsp3) is 0.357. The first kappa shape index (κ1) is 11.9. The van der Waals surface area contributed by atoms with Crippen molar-refractivity contribution >= 4 is 5.82 Å². The van der Waals surface area contributed by atoms with Gasteiger partial charge in [0.2, 0.25) is 5.88 Å². The predicted molar refractivity (Wildman–Crippen MR) is 72.6 cm³/mol. The Morgan fingerprint density at radius 2 is 2.16 bits per heavy atom. The molecule has 1 aliphatic rings. The van der Waals surface area contributed by atoms with E-state index in [1.165, 1.54) is 12.8 Å². The lowest BCUT2D eigenvalue weighted by atomic mass is 10.3. The molecule has 0 amide bonds. The second kappa shape index (κ2) is 4.84. The van der Waals surface area contributed by atoms with Gasteiger partial charge in [0.05, 0.1) is 11.8 Å². The van der Waals surface area contributed by atoms with Gasteiger partial charge >= 0.3 is 0 Å². The molecule has 1 saturated carbocycles. The Balaban J connectivity index is 1.97. The van der Waals surface area contributed by atoms with Crippen molar-refractivity contribution in [2.45, 2.75) is 25.7 Å².